The maximum absolute atomic E-state index is 12.3. The van der Waals surface area contributed by atoms with Crippen LogP contribution in [-0.2, 0) is 9.53 Å². The Balaban J connectivity index is 2.67. The van der Waals surface area contributed by atoms with E-state index in [-0.39, 0.29) is 18.0 Å². The second-order valence-corrected chi connectivity index (χ2v) is 4.92. The van der Waals surface area contributed by atoms with Gasteiger partial charge in [-0.3, -0.25) is 9.69 Å². The molecule has 112 valence electrons. The van der Waals surface area contributed by atoms with Gasteiger partial charge in [0.05, 0.1) is 12.6 Å². The van der Waals surface area contributed by atoms with Crippen LogP contribution >= 0.6 is 0 Å². The number of rotatable bonds is 7. The summed E-state index contributed by atoms with van der Waals surface area (Å²) in [5, 5.41) is 2.90. The Labute approximate surface area is 121 Å². The molecule has 0 saturated carbocycles. The van der Waals surface area contributed by atoms with Gasteiger partial charge in [-0.2, -0.15) is 0 Å². The number of carbonyl (C=O) groups excluding carboxylic acids is 1. The van der Waals surface area contributed by atoms with Crippen LogP contribution in [0.25, 0.3) is 0 Å². The minimum absolute atomic E-state index is 0.0282. The van der Waals surface area contributed by atoms with Crippen LogP contribution in [0.4, 0.5) is 11.4 Å². The lowest BCUT2D eigenvalue weighted by atomic mass is 10.2. The molecule has 0 heterocycles. The van der Waals surface area contributed by atoms with Gasteiger partial charge in [0, 0.05) is 24.5 Å². The van der Waals surface area contributed by atoms with Crippen LogP contribution in [0.2, 0.25) is 0 Å². The quantitative estimate of drug-likeness (QED) is 0.749. The Bertz CT molecular complexity index is 420. The Morgan fingerprint density at radius 3 is 2.45 bits per heavy atom. The van der Waals surface area contributed by atoms with E-state index < -0.39 is 0 Å². The maximum atomic E-state index is 12.3. The van der Waals surface area contributed by atoms with Crippen LogP contribution in [0.1, 0.15) is 20.8 Å². The first-order valence-corrected chi connectivity index (χ1v) is 6.90. The summed E-state index contributed by atoms with van der Waals surface area (Å²) in [6, 6.07) is 7.11. The molecule has 0 spiro atoms. The highest BCUT2D eigenvalue weighted by Gasteiger charge is 2.24. The highest BCUT2D eigenvalue weighted by Crippen LogP contribution is 2.13. The van der Waals surface area contributed by atoms with E-state index in [9.17, 15) is 4.79 Å². The molecule has 5 heteroatoms. The maximum Gasteiger partial charge on any atom is 0.241 e. The average Bonchev–Trinajstić information content (AvgIpc) is 2.42. The van der Waals surface area contributed by atoms with Gasteiger partial charge in [-0.05, 0) is 44.7 Å². The number of nitrogen functional groups attached to an aromatic ring is 1. The number of hydrogen-bond acceptors (Lipinski definition) is 4. The molecule has 2 atom stereocenters. The van der Waals surface area contributed by atoms with E-state index >= 15 is 0 Å². The third-order valence-electron chi connectivity index (χ3n) is 3.39. The summed E-state index contributed by atoms with van der Waals surface area (Å²) in [6.45, 7) is 7.40. The number of carbonyl (C=O) groups is 1. The Kier molecular flexibility index (Phi) is 6.48. The van der Waals surface area contributed by atoms with Crippen molar-refractivity contribution in [3.63, 3.8) is 0 Å². The highest BCUT2D eigenvalue weighted by molar-refractivity contribution is 5.94. The van der Waals surface area contributed by atoms with Gasteiger partial charge >= 0.3 is 0 Å². The fourth-order valence-electron chi connectivity index (χ4n) is 2.27. The van der Waals surface area contributed by atoms with Gasteiger partial charge in [-0.15, -0.1) is 0 Å². The van der Waals surface area contributed by atoms with E-state index in [2.05, 4.69) is 17.1 Å². The largest absolute Gasteiger partial charge is 0.399 e. The molecule has 2 unspecified atom stereocenters. The molecular formula is C15H25N3O2. The molecule has 0 aliphatic heterocycles. The van der Waals surface area contributed by atoms with Gasteiger partial charge in [0.1, 0.15) is 0 Å². The second-order valence-electron chi connectivity index (χ2n) is 4.92. The third-order valence-corrected chi connectivity index (χ3v) is 3.39. The number of hydrogen-bond donors (Lipinski definition) is 2. The van der Waals surface area contributed by atoms with Crippen LogP contribution in [0.15, 0.2) is 24.3 Å². The fraction of sp³-hybridized carbons (Fsp3) is 0.533. The number of nitrogens with zero attached hydrogens (tertiary/aromatic N) is 1. The molecular weight excluding hydrogens is 254 g/mol. The molecule has 20 heavy (non-hydrogen) atoms. The molecule has 0 bridgehead atoms. The third kappa shape index (κ3) is 4.51. The summed E-state index contributed by atoms with van der Waals surface area (Å²) in [6.07, 6.45) is 0. The molecule has 1 rings (SSSR count). The van der Waals surface area contributed by atoms with Crippen molar-refractivity contribution in [2.75, 3.05) is 31.3 Å². The molecule has 1 aromatic carbocycles. The molecule has 3 N–H and O–H groups in total. The van der Waals surface area contributed by atoms with Gasteiger partial charge in [0.25, 0.3) is 0 Å². The van der Waals surface area contributed by atoms with E-state index in [1.807, 2.05) is 13.8 Å². The molecule has 1 aromatic rings. The van der Waals surface area contributed by atoms with Gasteiger partial charge in [-0.1, -0.05) is 6.92 Å². The van der Waals surface area contributed by atoms with Gasteiger partial charge in [0.2, 0.25) is 5.91 Å². The van der Waals surface area contributed by atoms with Crippen LogP contribution in [-0.4, -0.2) is 43.2 Å². The van der Waals surface area contributed by atoms with Crippen molar-refractivity contribution in [2.45, 2.75) is 32.9 Å². The predicted octanol–water partition coefficient (Wildman–Crippen LogP) is 1.95. The zero-order valence-corrected chi connectivity index (χ0v) is 12.7. The van der Waals surface area contributed by atoms with Gasteiger partial charge in [0.15, 0.2) is 0 Å². The number of benzene rings is 1. The zero-order chi connectivity index (χ0) is 15.1. The summed E-state index contributed by atoms with van der Waals surface area (Å²) < 4.78 is 5.16. The molecule has 5 nitrogen and oxygen atoms in total. The van der Waals surface area contributed by atoms with E-state index in [0.29, 0.717) is 12.3 Å². The first-order valence-electron chi connectivity index (χ1n) is 6.90. The first kappa shape index (κ1) is 16.5. The molecule has 0 saturated heterocycles. The number of methoxy groups -OCH3 is 1. The standard InChI is InChI=1S/C15H25N3O2/c1-5-18(11(2)10-20-4)12(3)15(19)17-14-8-6-13(16)7-9-14/h6-9,11-12H,5,10,16H2,1-4H3,(H,17,19). The summed E-state index contributed by atoms with van der Waals surface area (Å²) in [5.74, 6) is -0.0282. The molecule has 0 aromatic heterocycles. The van der Waals surface area contributed by atoms with E-state index in [1.165, 1.54) is 0 Å². The number of nitrogens with one attached hydrogen (secondary N) is 1. The SMILES string of the molecule is CCN(C(C)COC)C(C)C(=O)Nc1ccc(N)cc1. The molecule has 0 aliphatic rings. The van der Waals surface area contributed by atoms with Crippen molar-refractivity contribution in [1.29, 1.82) is 0 Å². The summed E-state index contributed by atoms with van der Waals surface area (Å²) in [4.78, 5) is 14.4. The lowest BCUT2D eigenvalue weighted by molar-refractivity contribution is -0.121. The highest BCUT2D eigenvalue weighted by atomic mass is 16.5. The van der Waals surface area contributed by atoms with E-state index in [1.54, 1.807) is 31.4 Å². The average molecular weight is 279 g/mol. The van der Waals surface area contributed by atoms with Crippen LogP contribution in [0, 0.1) is 0 Å². The zero-order valence-electron chi connectivity index (χ0n) is 12.7. The summed E-state index contributed by atoms with van der Waals surface area (Å²) in [7, 11) is 1.67. The summed E-state index contributed by atoms with van der Waals surface area (Å²) >= 11 is 0. The van der Waals surface area contributed by atoms with E-state index in [4.69, 9.17) is 10.5 Å². The Morgan fingerprint density at radius 2 is 1.95 bits per heavy atom. The van der Waals surface area contributed by atoms with Crippen LogP contribution in [0.5, 0.6) is 0 Å². The smallest absolute Gasteiger partial charge is 0.241 e. The van der Waals surface area contributed by atoms with Crippen molar-refractivity contribution in [2.24, 2.45) is 0 Å². The fourth-order valence-corrected chi connectivity index (χ4v) is 2.27. The van der Waals surface area contributed by atoms with Crippen LogP contribution < -0.4 is 11.1 Å². The normalized spacial score (nSPS) is 14.1. The molecule has 0 radical (unpaired) electrons. The van der Waals surface area contributed by atoms with Crippen molar-refractivity contribution in [3.8, 4) is 0 Å². The predicted molar refractivity (Wildman–Crippen MR) is 82.7 cm³/mol. The van der Waals surface area contributed by atoms with Crippen molar-refractivity contribution in [3.05, 3.63) is 24.3 Å². The first-order chi connectivity index (χ1) is 9.49. The number of nitrogens with two attached hydrogens (primary N) is 1. The summed E-state index contributed by atoms with van der Waals surface area (Å²) in [5.41, 5.74) is 7.06. The topological polar surface area (TPSA) is 67.6 Å². The lowest BCUT2D eigenvalue weighted by Gasteiger charge is -2.32. The molecule has 1 amide bonds. The number of amides is 1. The monoisotopic (exact) mass is 279 g/mol. The van der Waals surface area contributed by atoms with E-state index in [0.717, 1.165) is 12.2 Å². The molecule has 0 aliphatic carbocycles. The lowest BCUT2D eigenvalue weighted by Crippen LogP contribution is -2.48. The number of likely N-dealkylation sites (N-methyl/N-ethyl adjacent to an activating group) is 1. The van der Waals surface area contributed by atoms with Crippen molar-refractivity contribution >= 4 is 17.3 Å². The minimum atomic E-state index is -0.220. The molecule has 0 fully saturated rings. The Morgan fingerprint density at radius 1 is 1.35 bits per heavy atom. The van der Waals surface area contributed by atoms with Crippen LogP contribution in [0.3, 0.4) is 0 Å². The minimum Gasteiger partial charge on any atom is -0.399 e. The van der Waals surface area contributed by atoms with Gasteiger partial charge in [-0.25, -0.2) is 0 Å². The second kappa shape index (κ2) is 7.87. The van der Waals surface area contributed by atoms with Crippen molar-refractivity contribution < 1.29 is 9.53 Å². The number of ether oxygens (including phenoxy) is 1. The van der Waals surface area contributed by atoms with Gasteiger partial charge < -0.3 is 15.8 Å². The van der Waals surface area contributed by atoms with Crippen molar-refractivity contribution in [1.82, 2.24) is 4.90 Å². The Hall–Kier alpha value is -1.59. The number of anilines is 2.